The van der Waals surface area contributed by atoms with Crippen molar-refractivity contribution in [3.05, 3.63) is 5.15 Å². The van der Waals surface area contributed by atoms with Crippen LogP contribution in [0.3, 0.4) is 0 Å². The van der Waals surface area contributed by atoms with Crippen LogP contribution in [0.5, 0.6) is 5.88 Å². The molecule has 0 bridgehead atoms. The maximum absolute atomic E-state index is 5.63. The van der Waals surface area contributed by atoms with Gasteiger partial charge in [0.2, 0.25) is 0 Å². The van der Waals surface area contributed by atoms with Gasteiger partial charge in [-0.3, -0.25) is 0 Å². The molecule has 0 spiro atoms. The minimum Gasteiger partial charge on any atom is -0.478 e. The van der Waals surface area contributed by atoms with Crippen LogP contribution in [-0.2, 0) is 0 Å². The minimum absolute atomic E-state index is 0.167. The quantitative estimate of drug-likeness (QED) is 0.717. The Morgan fingerprint density at radius 2 is 2.17 bits per heavy atom. The highest BCUT2D eigenvalue weighted by molar-refractivity contribution is 6.32. The van der Waals surface area contributed by atoms with E-state index in [1.807, 2.05) is 0 Å². The molecule has 0 saturated heterocycles. The van der Waals surface area contributed by atoms with Gasteiger partial charge in [0.05, 0.1) is 7.11 Å². The van der Waals surface area contributed by atoms with Crippen LogP contribution in [0.2, 0.25) is 5.15 Å². The third-order valence-corrected chi connectivity index (χ3v) is 1.66. The second-order valence-electron chi connectivity index (χ2n) is 2.04. The molecule has 0 saturated carbocycles. The van der Waals surface area contributed by atoms with Gasteiger partial charge in [0.15, 0.2) is 5.15 Å². The van der Waals surface area contributed by atoms with E-state index >= 15 is 0 Å². The SMILES string of the molecule is CNc1c(OC)nnc(Cl)c1N. The van der Waals surface area contributed by atoms with E-state index in [-0.39, 0.29) is 5.15 Å². The van der Waals surface area contributed by atoms with E-state index in [1.165, 1.54) is 7.11 Å². The zero-order valence-corrected chi connectivity index (χ0v) is 7.51. The summed E-state index contributed by atoms with van der Waals surface area (Å²) in [7, 11) is 3.18. The molecule has 0 aromatic carbocycles. The van der Waals surface area contributed by atoms with E-state index in [2.05, 4.69) is 15.5 Å². The molecule has 5 nitrogen and oxygen atoms in total. The number of nitrogens with zero attached hydrogens (tertiary/aromatic N) is 2. The first-order valence-electron chi connectivity index (χ1n) is 3.24. The smallest absolute Gasteiger partial charge is 0.259 e. The van der Waals surface area contributed by atoms with Crippen molar-refractivity contribution in [2.24, 2.45) is 0 Å². The Kier molecular flexibility index (Phi) is 2.54. The van der Waals surface area contributed by atoms with E-state index in [9.17, 15) is 0 Å². The number of methoxy groups -OCH3 is 1. The van der Waals surface area contributed by atoms with Gasteiger partial charge in [-0.1, -0.05) is 11.6 Å². The van der Waals surface area contributed by atoms with Gasteiger partial charge in [0.25, 0.3) is 5.88 Å². The fraction of sp³-hybridized carbons (Fsp3) is 0.333. The summed E-state index contributed by atoms with van der Waals surface area (Å²) in [6, 6.07) is 0. The molecular weight excluding hydrogens is 180 g/mol. The topological polar surface area (TPSA) is 73.1 Å². The molecule has 1 heterocycles. The Morgan fingerprint density at radius 1 is 1.50 bits per heavy atom. The summed E-state index contributed by atoms with van der Waals surface area (Å²) in [6.07, 6.45) is 0. The Hall–Kier alpha value is -1.23. The lowest BCUT2D eigenvalue weighted by atomic mass is 10.4. The Labute approximate surface area is 74.9 Å². The highest BCUT2D eigenvalue weighted by Crippen LogP contribution is 2.31. The van der Waals surface area contributed by atoms with Crippen LogP contribution in [0.4, 0.5) is 11.4 Å². The standard InChI is InChI=1S/C6H9ClN4O/c1-9-4-3(8)5(7)10-11-6(4)12-2/h1-2H3,(H2,8,11)(H,9,10). The highest BCUT2D eigenvalue weighted by atomic mass is 35.5. The molecule has 1 aromatic rings. The van der Waals surface area contributed by atoms with Gasteiger partial charge >= 0.3 is 0 Å². The average molecular weight is 189 g/mol. The molecule has 1 aromatic heterocycles. The molecule has 12 heavy (non-hydrogen) atoms. The first-order chi connectivity index (χ1) is 5.70. The summed E-state index contributed by atoms with van der Waals surface area (Å²) in [5.41, 5.74) is 6.48. The number of nitrogens with one attached hydrogen (secondary N) is 1. The van der Waals surface area contributed by atoms with E-state index < -0.39 is 0 Å². The van der Waals surface area contributed by atoms with Gasteiger partial charge in [-0.2, -0.15) is 0 Å². The third kappa shape index (κ3) is 1.35. The van der Waals surface area contributed by atoms with Crippen molar-refractivity contribution in [3.63, 3.8) is 0 Å². The van der Waals surface area contributed by atoms with Gasteiger partial charge < -0.3 is 15.8 Å². The number of rotatable bonds is 2. The van der Waals surface area contributed by atoms with Crippen molar-refractivity contribution in [3.8, 4) is 5.88 Å². The van der Waals surface area contributed by atoms with Gasteiger partial charge in [-0.05, 0) is 0 Å². The van der Waals surface area contributed by atoms with Crippen molar-refractivity contribution < 1.29 is 4.74 Å². The van der Waals surface area contributed by atoms with Gasteiger partial charge in [-0.25, -0.2) is 0 Å². The molecular formula is C6H9ClN4O. The summed E-state index contributed by atoms with van der Waals surface area (Å²) in [5.74, 6) is 0.333. The number of hydrogen-bond acceptors (Lipinski definition) is 5. The molecule has 3 N–H and O–H groups in total. The van der Waals surface area contributed by atoms with Crippen molar-refractivity contribution in [1.29, 1.82) is 0 Å². The van der Waals surface area contributed by atoms with E-state index in [0.29, 0.717) is 17.3 Å². The molecule has 1 rings (SSSR count). The Balaban J connectivity index is 3.25. The summed E-state index contributed by atoms with van der Waals surface area (Å²) in [4.78, 5) is 0. The van der Waals surface area contributed by atoms with Gasteiger partial charge in [0.1, 0.15) is 11.4 Å². The lowest BCUT2D eigenvalue weighted by Crippen LogP contribution is -2.03. The molecule has 0 radical (unpaired) electrons. The molecule has 66 valence electrons. The van der Waals surface area contributed by atoms with Crippen LogP contribution in [-0.4, -0.2) is 24.4 Å². The lowest BCUT2D eigenvalue weighted by Gasteiger charge is -2.08. The highest BCUT2D eigenvalue weighted by Gasteiger charge is 2.11. The third-order valence-electron chi connectivity index (χ3n) is 1.38. The first kappa shape index (κ1) is 8.86. The van der Waals surface area contributed by atoms with Crippen molar-refractivity contribution in [2.45, 2.75) is 0 Å². The van der Waals surface area contributed by atoms with Crippen LogP contribution in [0.15, 0.2) is 0 Å². The second-order valence-corrected chi connectivity index (χ2v) is 2.40. The van der Waals surface area contributed by atoms with Crippen LogP contribution >= 0.6 is 11.6 Å². The van der Waals surface area contributed by atoms with Crippen molar-refractivity contribution in [1.82, 2.24) is 10.2 Å². The Morgan fingerprint density at radius 3 is 2.67 bits per heavy atom. The number of ether oxygens (including phenoxy) is 1. The maximum atomic E-state index is 5.63. The van der Waals surface area contributed by atoms with Crippen LogP contribution < -0.4 is 15.8 Å². The number of nitrogens with two attached hydrogens (primary N) is 1. The van der Waals surface area contributed by atoms with Gasteiger partial charge in [0, 0.05) is 7.05 Å². The lowest BCUT2D eigenvalue weighted by molar-refractivity contribution is 0.394. The summed E-state index contributed by atoms with van der Waals surface area (Å²) in [6.45, 7) is 0. The monoisotopic (exact) mass is 188 g/mol. The normalized spacial score (nSPS) is 9.58. The predicted molar refractivity (Wildman–Crippen MR) is 47.6 cm³/mol. The number of nitrogen functional groups attached to an aromatic ring is 1. The van der Waals surface area contributed by atoms with Crippen molar-refractivity contribution >= 4 is 23.0 Å². The average Bonchev–Trinajstić information content (AvgIpc) is 2.09. The molecule has 0 unspecified atom stereocenters. The first-order valence-corrected chi connectivity index (χ1v) is 3.62. The molecule has 0 amide bonds. The summed E-state index contributed by atoms with van der Waals surface area (Å²) in [5, 5.41) is 10.3. The zero-order valence-electron chi connectivity index (χ0n) is 6.76. The van der Waals surface area contributed by atoms with Crippen LogP contribution in [0, 0.1) is 0 Å². The van der Waals surface area contributed by atoms with E-state index in [4.69, 9.17) is 22.1 Å². The number of hydrogen-bond donors (Lipinski definition) is 2. The molecule has 0 aliphatic heterocycles. The molecule has 0 atom stereocenters. The fourth-order valence-corrected chi connectivity index (χ4v) is 0.928. The van der Waals surface area contributed by atoms with E-state index in [0.717, 1.165) is 0 Å². The predicted octanol–water partition coefficient (Wildman–Crippen LogP) is 0.762. The summed E-state index contributed by atoms with van der Waals surface area (Å²) < 4.78 is 4.90. The minimum atomic E-state index is 0.167. The van der Waals surface area contributed by atoms with Gasteiger partial charge in [-0.15, -0.1) is 10.2 Å². The maximum Gasteiger partial charge on any atom is 0.259 e. The number of halogens is 1. The Bertz CT molecular complexity index is 291. The largest absolute Gasteiger partial charge is 0.478 e. The van der Waals surface area contributed by atoms with Crippen molar-refractivity contribution in [2.75, 3.05) is 25.2 Å². The molecule has 6 heteroatoms. The fourth-order valence-electron chi connectivity index (χ4n) is 0.796. The van der Waals surface area contributed by atoms with Crippen LogP contribution in [0.1, 0.15) is 0 Å². The van der Waals surface area contributed by atoms with E-state index in [1.54, 1.807) is 7.05 Å². The number of anilines is 2. The number of aromatic nitrogens is 2. The molecule has 0 aliphatic rings. The summed E-state index contributed by atoms with van der Waals surface area (Å²) >= 11 is 5.63. The van der Waals surface area contributed by atoms with Crippen LogP contribution in [0.25, 0.3) is 0 Å². The molecule has 0 fully saturated rings. The molecule has 0 aliphatic carbocycles. The zero-order chi connectivity index (χ0) is 9.14. The second kappa shape index (κ2) is 3.44.